The average Bonchev–Trinajstić information content (AvgIpc) is 2.38. The molecule has 0 saturated carbocycles. The Kier molecular flexibility index (Phi) is 3.55. The Hall–Kier alpha value is -1.67. The molecule has 0 bridgehead atoms. The molecule has 2 heteroatoms. The third kappa shape index (κ3) is 2.71. The van der Waals surface area contributed by atoms with Gasteiger partial charge in [0.2, 0.25) is 0 Å². The number of hydrogen-bond donors (Lipinski definition) is 1. The lowest BCUT2D eigenvalue weighted by Gasteiger charge is -2.12. The van der Waals surface area contributed by atoms with Gasteiger partial charge in [-0.1, -0.05) is 31.2 Å². The summed E-state index contributed by atoms with van der Waals surface area (Å²) in [6.07, 6.45) is 2.15. The van der Waals surface area contributed by atoms with Crippen molar-refractivity contribution in [1.29, 1.82) is 0 Å². The van der Waals surface area contributed by atoms with Gasteiger partial charge in [0.15, 0.2) is 0 Å². The zero-order valence-corrected chi connectivity index (χ0v) is 10.2. The first-order valence-corrected chi connectivity index (χ1v) is 5.90. The molecule has 1 heterocycles. The number of hydrogen-bond acceptors (Lipinski definition) is 2. The summed E-state index contributed by atoms with van der Waals surface area (Å²) in [6, 6.07) is 11.9. The molecular weight excluding hydrogens is 210 g/mol. The maximum atomic E-state index is 10.3. The molecule has 0 spiro atoms. The van der Waals surface area contributed by atoms with E-state index < -0.39 is 6.10 Å². The van der Waals surface area contributed by atoms with Gasteiger partial charge in [0.1, 0.15) is 6.10 Å². The van der Waals surface area contributed by atoms with Gasteiger partial charge in [-0.2, -0.15) is 0 Å². The van der Waals surface area contributed by atoms with Gasteiger partial charge in [-0.3, -0.25) is 4.98 Å². The number of aliphatic hydroxyl groups excluding tert-OH is 1. The fourth-order valence-corrected chi connectivity index (χ4v) is 1.91. The SMILES string of the molecule is CCc1cccc(C(O)c2ccnc(C)c2)c1. The number of benzene rings is 1. The Labute approximate surface area is 102 Å². The van der Waals surface area contributed by atoms with Gasteiger partial charge in [0.25, 0.3) is 0 Å². The third-order valence-corrected chi connectivity index (χ3v) is 2.91. The van der Waals surface area contributed by atoms with Crippen LogP contribution in [0.25, 0.3) is 0 Å². The van der Waals surface area contributed by atoms with E-state index >= 15 is 0 Å². The molecule has 0 aliphatic heterocycles. The topological polar surface area (TPSA) is 33.1 Å². The Balaban J connectivity index is 2.33. The van der Waals surface area contributed by atoms with Crippen LogP contribution in [0.4, 0.5) is 0 Å². The Morgan fingerprint density at radius 2 is 1.94 bits per heavy atom. The molecule has 1 unspecified atom stereocenters. The maximum absolute atomic E-state index is 10.3. The molecule has 17 heavy (non-hydrogen) atoms. The van der Waals surface area contributed by atoms with Crippen molar-refractivity contribution in [2.75, 3.05) is 0 Å². The quantitative estimate of drug-likeness (QED) is 0.874. The van der Waals surface area contributed by atoms with E-state index in [0.717, 1.165) is 23.2 Å². The minimum atomic E-state index is -0.566. The number of aliphatic hydroxyl groups is 1. The summed E-state index contributed by atoms with van der Waals surface area (Å²) in [5, 5.41) is 10.3. The molecule has 2 rings (SSSR count). The minimum absolute atomic E-state index is 0.566. The van der Waals surface area contributed by atoms with Gasteiger partial charge >= 0.3 is 0 Å². The van der Waals surface area contributed by atoms with Crippen LogP contribution >= 0.6 is 0 Å². The zero-order chi connectivity index (χ0) is 12.3. The van der Waals surface area contributed by atoms with Crippen LogP contribution in [0, 0.1) is 6.92 Å². The summed E-state index contributed by atoms with van der Waals surface area (Å²) in [5.41, 5.74) is 4.00. The largest absolute Gasteiger partial charge is 0.384 e. The molecule has 0 amide bonds. The average molecular weight is 227 g/mol. The molecular formula is C15H17NO. The number of nitrogens with zero attached hydrogens (tertiary/aromatic N) is 1. The molecule has 88 valence electrons. The van der Waals surface area contributed by atoms with Crippen LogP contribution in [-0.4, -0.2) is 10.1 Å². The molecule has 0 aliphatic rings. The van der Waals surface area contributed by atoms with Crippen molar-refractivity contribution in [1.82, 2.24) is 4.98 Å². The highest BCUT2D eigenvalue weighted by atomic mass is 16.3. The number of rotatable bonds is 3. The summed E-state index contributed by atoms with van der Waals surface area (Å²) in [5.74, 6) is 0. The smallest absolute Gasteiger partial charge is 0.104 e. The van der Waals surface area contributed by atoms with E-state index in [1.165, 1.54) is 5.56 Å². The van der Waals surface area contributed by atoms with Crippen molar-refractivity contribution in [3.8, 4) is 0 Å². The van der Waals surface area contributed by atoms with Crippen LogP contribution in [0.1, 0.15) is 35.4 Å². The highest BCUT2D eigenvalue weighted by molar-refractivity contribution is 5.32. The summed E-state index contributed by atoms with van der Waals surface area (Å²) in [7, 11) is 0. The lowest BCUT2D eigenvalue weighted by molar-refractivity contribution is 0.220. The van der Waals surface area contributed by atoms with Crippen LogP contribution in [0.3, 0.4) is 0 Å². The van der Waals surface area contributed by atoms with Gasteiger partial charge < -0.3 is 5.11 Å². The standard InChI is InChI=1S/C15H17NO/c1-3-12-5-4-6-13(10-12)15(17)14-7-8-16-11(2)9-14/h4-10,15,17H,3H2,1-2H3. The molecule has 2 nitrogen and oxygen atoms in total. The van der Waals surface area contributed by atoms with Crippen LogP contribution < -0.4 is 0 Å². The highest BCUT2D eigenvalue weighted by Crippen LogP contribution is 2.22. The van der Waals surface area contributed by atoms with Crippen LogP contribution in [0.15, 0.2) is 42.6 Å². The van der Waals surface area contributed by atoms with Gasteiger partial charge in [-0.25, -0.2) is 0 Å². The molecule has 0 saturated heterocycles. The first kappa shape index (κ1) is 11.8. The number of aromatic nitrogens is 1. The van der Waals surface area contributed by atoms with Crippen molar-refractivity contribution in [3.63, 3.8) is 0 Å². The van der Waals surface area contributed by atoms with Crippen molar-refractivity contribution in [2.45, 2.75) is 26.4 Å². The summed E-state index contributed by atoms with van der Waals surface area (Å²) < 4.78 is 0. The Bertz CT molecular complexity index is 508. The number of pyridine rings is 1. The van der Waals surface area contributed by atoms with E-state index in [4.69, 9.17) is 0 Å². The Morgan fingerprint density at radius 1 is 1.18 bits per heavy atom. The highest BCUT2D eigenvalue weighted by Gasteiger charge is 2.10. The summed E-state index contributed by atoms with van der Waals surface area (Å²) in [4.78, 5) is 4.14. The van der Waals surface area contributed by atoms with E-state index in [9.17, 15) is 5.11 Å². The zero-order valence-electron chi connectivity index (χ0n) is 10.2. The molecule has 1 N–H and O–H groups in total. The number of aryl methyl sites for hydroxylation is 2. The van der Waals surface area contributed by atoms with E-state index in [-0.39, 0.29) is 0 Å². The van der Waals surface area contributed by atoms with Crippen LogP contribution in [0.2, 0.25) is 0 Å². The maximum Gasteiger partial charge on any atom is 0.104 e. The van der Waals surface area contributed by atoms with Crippen LogP contribution in [0.5, 0.6) is 0 Å². The molecule has 0 radical (unpaired) electrons. The summed E-state index contributed by atoms with van der Waals surface area (Å²) in [6.45, 7) is 4.04. The fraction of sp³-hybridized carbons (Fsp3) is 0.267. The van der Waals surface area contributed by atoms with E-state index in [1.807, 2.05) is 31.2 Å². The van der Waals surface area contributed by atoms with Crippen molar-refractivity contribution in [2.24, 2.45) is 0 Å². The molecule has 0 aliphatic carbocycles. The van der Waals surface area contributed by atoms with Gasteiger partial charge in [0.05, 0.1) is 0 Å². The van der Waals surface area contributed by atoms with Gasteiger partial charge in [-0.05, 0) is 42.2 Å². The lowest BCUT2D eigenvalue weighted by Crippen LogP contribution is -2.01. The molecule has 1 atom stereocenters. The molecule has 1 aromatic carbocycles. The lowest BCUT2D eigenvalue weighted by atomic mass is 9.99. The monoisotopic (exact) mass is 227 g/mol. The van der Waals surface area contributed by atoms with Crippen molar-refractivity contribution in [3.05, 3.63) is 65.0 Å². The fourth-order valence-electron chi connectivity index (χ4n) is 1.91. The van der Waals surface area contributed by atoms with E-state index in [0.29, 0.717) is 0 Å². The van der Waals surface area contributed by atoms with Gasteiger partial charge in [0, 0.05) is 11.9 Å². The predicted octanol–water partition coefficient (Wildman–Crippen LogP) is 3.03. The second-order valence-corrected chi connectivity index (χ2v) is 4.23. The molecule has 2 aromatic rings. The van der Waals surface area contributed by atoms with Crippen LogP contribution in [-0.2, 0) is 6.42 Å². The van der Waals surface area contributed by atoms with Crippen molar-refractivity contribution >= 4 is 0 Å². The normalized spacial score (nSPS) is 12.4. The predicted molar refractivity (Wildman–Crippen MR) is 68.9 cm³/mol. The first-order valence-electron chi connectivity index (χ1n) is 5.90. The second kappa shape index (κ2) is 5.11. The molecule has 1 aromatic heterocycles. The first-order chi connectivity index (χ1) is 8.20. The van der Waals surface area contributed by atoms with Gasteiger partial charge in [-0.15, -0.1) is 0 Å². The minimum Gasteiger partial charge on any atom is -0.384 e. The van der Waals surface area contributed by atoms with E-state index in [2.05, 4.69) is 24.0 Å². The van der Waals surface area contributed by atoms with Crippen molar-refractivity contribution < 1.29 is 5.11 Å². The Morgan fingerprint density at radius 3 is 2.65 bits per heavy atom. The molecule has 0 fully saturated rings. The van der Waals surface area contributed by atoms with E-state index in [1.54, 1.807) is 6.20 Å². The summed E-state index contributed by atoms with van der Waals surface area (Å²) >= 11 is 0. The second-order valence-electron chi connectivity index (χ2n) is 4.23. The third-order valence-electron chi connectivity index (χ3n) is 2.91.